The standard InChI is InChI=1S/C12H18ClN3O/c1-2-8-5-3-4-6-9(8)16-7-15-11(13)10(14)12(16)17/h7-9H,2-6,14H2,1H3. The second-order valence-electron chi connectivity index (χ2n) is 4.68. The molecule has 94 valence electrons. The van der Waals surface area contributed by atoms with Gasteiger partial charge in [-0.1, -0.05) is 37.8 Å². The van der Waals surface area contributed by atoms with Gasteiger partial charge in [0.15, 0.2) is 5.15 Å². The number of nitrogens with zero attached hydrogens (tertiary/aromatic N) is 2. The number of halogens is 1. The van der Waals surface area contributed by atoms with Crippen molar-refractivity contribution in [1.29, 1.82) is 0 Å². The van der Waals surface area contributed by atoms with Crippen molar-refractivity contribution >= 4 is 17.3 Å². The van der Waals surface area contributed by atoms with Gasteiger partial charge < -0.3 is 5.73 Å². The Kier molecular flexibility index (Phi) is 3.72. The second-order valence-corrected chi connectivity index (χ2v) is 5.04. The van der Waals surface area contributed by atoms with Gasteiger partial charge in [-0.15, -0.1) is 0 Å². The van der Waals surface area contributed by atoms with Crippen LogP contribution >= 0.6 is 11.6 Å². The lowest BCUT2D eigenvalue weighted by Crippen LogP contribution is -2.33. The molecule has 0 saturated heterocycles. The Balaban J connectivity index is 2.39. The molecule has 1 aliphatic rings. The van der Waals surface area contributed by atoms with Gasteiger partial charge in [0.05, 0.1) is 6.33 Å². The summed E-state index contributed by atoms with van der Waals surface area (Å²) in [6.07, 6.45) is 7.24. The van der Waals surface area contributed by atoms with Crippen molar-refractivity contribution in [2.75, 3.05) is 5.73 Å². The number of anilines is 1. The van der Waals surface area contributed by atoms with E-state index in [1.54, 1.807) is 10.9 Å². The van der Waals surface area contributed by atoms with Crippen molar-refractivity contribution in [3.8, 4) is 0 Å². The summed E-state index contributed by atoms with van der Waals surface area (Å²) in [6.45, 7) is 2.17. The summed E-state index contributed by atoms with van der Waals surface area (Å²) in [7, 11) is 0. The molecule has 4 nitrogen and oxygen atoms in total. The summed E-state index contributed by atoms with van der Waals surface area (Å²) in [5.74, 6) is 0.545. The molecule has 0 aliphatic heterocycles. The molecule has 5 heteroatoms. The number of rotatable bonds is 2. The topological polar surface area (TPSA) is 60.9 Å². The minimum Gasteiger partial charge on any atom is -0.392 e. The third-order valence-corrected chi connectivity index (χ3v) is 4.03. The summed E-state index contributed by atoms with van der Waals surface area (Å²) < 4.78 is 1.68. The number of hydrogen-bond acceptors (Lipinski definition) is 3. The van der Waals surface area contributed by atoms with Crippen molar-refractivity contribution in [3.05, 3.63) is 21.8 Å². The first-order valence-corrected chi connectivity index (χ1v) is 6.55. The Labute approximate surface area is 106 Å². The van der Waals surface area contributed by atoms with Gasteiger partial charge in [0, 0.05) is 6.04 Å². The fraction of sp³-hybridized carbons (Fsp3) is 0.667. The Morgan fingerprint density at radius 3 is 2.94 bits per heavy atom. The van der Waals surface area contributed by atoms with E-state index in [1.807, 2.05) is 0 Å². The Bertz CT molecular complexity index is 458. The fourth-order valence-electron chi connectivity index (χ4n) is 2.73. The highest BCUT2D eigenvalue weighted by atomic mass is 35.5. The molecule has 1 saturated carbocycles. The number of nitrogens with two attached hydrogens (primary N) is 1. The molecular formula is C12H18ClN3O. The van der Waals surface area contributed by atoms with E-state index in [0.717, 1.165) is 19.3 Å². The predicted molar refractivity (Wildman–Crippen MR) is 69.2 cm³/mol. The molecule has 2 unspecified atom stereocenters. The Morgan fingerprint density at radius 2 is 2.24 bits per heavy atom. The lowest BCUT2D eigenvalue weighted by Gasteiger charge is -2.32. The van der Waals surface area contributed by atoms with Crippen LogP contribution in [0.4, 0.5) is 5.69 Å². The molecule has 2 atom stereocenters. The van der Waals surface area contributed by atoms with E-state index in [9.17, 15) is 4.79 Å². The van der Waals surface area contributed by atoms with E-state index in [-0.39, 0.29) is 22.4 Å². The molecule has 17 heavy (non-hydrogen) atoms. The van der Waals surface area contributed by atoms with Crippen LogP contribution < -0.4 is 11.3 Å². The maximum absolute atomic E-state index is 12.1. The molecule has 2 rings (SSSR count). The quantitative estimate of drug-likeness (QED) is 0.827. The van der Waals surface area contributed by atoms with Crippen LogP contribution in [-0.4, -0.2) is 9.55 Å². The van der Waals surface area contributed by atoms with E-state index >= 15 is 0 Å². The van der Waals surface area contributed by atoms with Crippen LogP contribution in [0.2, 0.25) is 5.15 Å². The first kappa shape index (κ1) is 12.4. The summed E-state index contributed by atoms with van der Waals surface area (Å²) >= 11 is 5.75. The predicted octanol–water partition coefficient (Wildman–Crippen LogP) is 2.62. The first-order chi connectivity index (χ1) is 8.15. The molecule has 0 spiro atoms. The second kappa shape index (κ2) is 5.08. The van der Waals surface area contributed by atoms with Crippen LogP contribution in [0.3, 0.4) is 0 Å². The maximum atomic E-state index is 12.1. The van der Waals surface area contributed by atoms with Crippen molar-refractivity contribution in [2.24, 2.45) is 5.92 Å². The van der Waals surface area contributed by atoms with Crippen molar-refractivity contribution in [3.63, 3.8) is 0 Å². The van der Waals surface area contributed by atoms with Gasteiger partial charge >= 0.3 is 0 Å². The van der Waals surface area contributed by atoms with Gasteiger partial charge in [-0.2, -0.15) is 0 Å². The molecule has 0 bridgehead atoms. The van der Waals surface area contributed by atoms with Crippen LogP contribution in [0.25, 0.3) is 0 Å². The molecule has 0 radical (unpaired) electrons. The molecule has 1 aliphatic carbocycles. The monoisotopic (exact) mass is 255 g/mol. The van der Waals surface area contributed by atoms with Crippen LogP contribution in [0, 0.1) is 5.92 Å². The zero-order chi connectivity index (χ0) is 12.4. The SMILES string of the molecule is CCC1CCCCC1n1cnc(Cl)c(N)c1=O. The van der Waals surface area contributed by atoms with E-state index in [1.165, 1.54) is 12.8 Å². The molecular weight excluding hydrogens is 238 g/mol. The average molecular weight is 256 g/mol. The minimum absolute atomic E-state index is 0.0644. The summed E-state index contributed by atoms with van der Waals surface area (Å²) in [6, 6.07) is 0.230. The summed E-state index contributed by atoms with van der Waals surface area (Å²) in [4.78, 5) is 16.1. The van der Waals surface area contributed by atoms with E-state index in [0.29, 0.717) is 5.92 Å². The number of nitrogen functional groups attached to an aromatic ring is 1. The fourth-order valence-corrected chi connectivity index (χ4v) is 2.85. The molecule has 1 aromatic heterocycles. The van der Waals surface area contributed by atoms with Crippen LogP contribution in [0.5, 0.6) is 0 Å². The Hall–Kier alpha value is -1.03. The first-order valence-electron chi connectivity index (χ1n) is 6.17. The zero-order valence-corrected chi connectivity index (χ0v) is 10.8. The maximum Gasteiger partial charge on any atom is 0.278 e. The smallest absolute Gasteiger partial charge is 0.278 e. The normalized spacial score (nSPS) is 24.8. The van der Waals surface area contributed by atoms with Gasteiger partial charge in [-0.05, 0) is 18.8 Å². The lowest BCUT2D eigenvalue weighted by atomic mass is 9.83. The zero-order valence-electron chi connectivity index (χ0n) is 10.0. The largest absolute Gasteiger partial charge is 0.392 e. The highest BCUT2D eigenvalue weighted by molar-refractivity contribution is 6.31. The highest BCUT2D eigenvalue weighted by Crippen LogP contribution is 2.35. The van der Waals surface area contributed by atoms with Crippen molar-refractivity contribution in [1.82, 2.24) is 9.55 Å². The molecule has 2 N–H and O–H groups in total. The molecule has 0 aromatic carbocycles. The molecule has 1 fully saturated rings. The van der Waals surface area contributed by atoms with Crippen LogP contribution in [-0.2, 0) is 0 Å². The van der Waals surface area contributed by atoms with Gasteiger partial charge in [-0.3, -0.25) is 9.36 Å². The average Bonchev–Trinajstić information content (AvgIpc) is 2.36. The molecule has 0 amide bonds. The third kappa shape index (κ3) is 2.32. The number of hydrogen-bond donors (Lipinski definition) is 1. The van der Waals surface area contributed by atoms with E-state index in [2.05, 4.69) is 11.9 Å². The Morgan fingerprint density at radius 1 is 1.53 bits per heavy atom. The van der Waals surface area contributed by atoms with Crippen LogP contribution in [0.15, 0.2) is 11.1 Å². The molecule has 1 heterocycles. The van der Waals surface area contributed by atoms with Gasteiger partial charge in [-0.25, -0.2) is 4.98 Å². The minimum atomic E-state index is -0.199. The lowest BCUT2D eigenvalue weighted by molar-refractivity contribution is 0.227. The summed E-state index contributed by atoms with van der Waals surface area (Å²) in [5.41, 5.74) is 5.51. The van der Waals surface area contributed by atoms with Crippen molar-refractivity contribution in [2.45, 2.75) is 45.1 Å². The number of aromatic nitrogens is 2. The van der Waals surface area contributed by atoms with E-state index < -0.39 is 0 Å². The highest BCUT2D eigenvalue weighted by Gasteiger charge is 2.26. The van der Waals surface area contributed by atoms with Gasteiger partial charge in [0.2, 0.25) is 0 Å². The van der Waals surface area contributed by atoms with Gasteiger partial charge in [0.25, 0.3) is 5.56 Å². The van der Waals surface area contributed by atoms with Crippen molar-refractivity contribution < 1.29 is 0 Å². The van der Waals surface area contributed by atoms with Crippen LogP contribution in [0.1, 0.15) is 45.1 Å². The summed E-state index contributed by atoms with van der Waals surface area (Å²) in [5, 5.41) is 0.107. The van der Waals surface area contributed by atoms with Gasteiger partial charge in [0.1, 0.15) is 5.69 Å². The third-order valence-electron chi connectivity index (χ3n) is 3.73. The molecule has 1 aromatic rings. The van der Waals surface area contributed by atoms with E-state index in [4.69, 9.17) is 17.3 Å².